The molecule has 0 radical (unpaired) electrons. The maximum atomic E-state index is 13.1. The van der Waals surface area contributed by atoms with E-state index in [1.807, 2.05) is 13.8 Å². The molecule has 0 heterocycles. The Morgan fingerprint density at radius 2 is 2.00 bits per heavy atom. The van der Waals surface area contributed by atoms with Gasteiger partial charge >= 0.3 is 5.97 Å². The summed E-state index contributed by atoms with van der Waals surface area (Å²) in [6, 6.07) is 0. The van der Waals surface area contributed by atoms with Gasteiger partial charge in [0.25, 0.3) is 0 Å². The minimum atomic E-state index is -1.36. The van der Waals surface area contributed by atoms with E-state index in [-0.39, 0.29) is 29.6 Å². The fourth-order valence-corrected chi connectivity index (χ4v) is 7.84. The molecule has 2 unspecified atom stereocenters. The monoisotopic (exact) mass is 446 g/mol. The number of esters is 1. The van der Waals surface area contributed by atoms with E-state index < -0.39 is 35.5 Å². The Hall–Kier alpha value is -1.66. The molecule has 0 saturated heterocycles. The van der Waals surface area contributed by atoms with E-state index in [1.165, 1.54) is 5.57 Å². The van der Waals surface area contributed by atoms with Gasteiger partial charge in [-0.2, -0.15) is 0 Å². The smallest absolute Gasteiger partial charge is 0.306 e. The molecular formula is C26H38O6. The fraction of sp³-hybridized carbons (Fsp3) is 0.769. The van der Waals surface area contributed by atoms with Gasteiger partial charge in [-0.05, 0) is 73.3 Å². The number of hydrogen-bond acceptors (Lipinski definition) is 6. The molecule has 6 heteroatoms. The van der Waals surface area contributed by atoms with Crippen LogP contribution in [0, 0.1) is 28.6 Å². The number of aliphatic hydroxyl groups excluding tert-OH is 2. The molecule has 0 aromatic heterocycles. The zero-order chi connectivity index (χ0) is 23.3. The Kier molecular flexibility index (Phi) is 6.08. The van der Waals surface area contributed by atoms with E-state index in [1.54, 1.807) is 7.11 Å². The summed E-state index contributed by atoms with van der Waals surface area (Å²) in [4.78, 5) is 25.7. The van der Waals surface area contributed by atoms with Crippen molar-refractivity contribution in [3.05, 3.63) is 23.5 Å². The minimum absolute atomic E-state index is 0.0848. The fourth-order valence-electron chi connectivity index (χ4n) is 7.84. The van der Waals surface area contributed by atoms with Gasteiger partial charge in [-0.15, -0.1) is 0 Å². The van der Waals surface area contributed by atoms with Gasteiger partial charge in [0.05, 0.1) is 19.0 Å². The van der Waals surface area contributed by atoms with Crippen molar-refractivity contribution in [3.8, 4) is 0 Å². The van der Waals surface area contributed by atoms with Crippen molar-refractivity contribution < 1.29 is 29.3 Å². The molecule has 0 amide bonds. The van der Waals surface area contributed by atoms with Crippen LogP contribution in [0.4, 0.5) is 0 Å². The van der Waals surface area contributed by atoms with Gasteiger partial charge in [0, 0.05) is 18.3 Å². The Morgan fingerprint density at radius 3 is 2.66 bits per heavy atom. The highest BCUT2D eigenvalue weighted by Gasteiger charge is 2.70. The van der Waals surface area contributed by atoms with Crippen LogP contribution in [0.3, 0.4) is 0 Å². The number of ketones is 1. The van der Waals surface area contributed by atoms with Crippen molar-refractivity contribution in [1.82, 2.24) is 0 Å². The number of methoxy groups -OCH3 is 1. The maximum absolute atomic E-state index is 13.1. The van der Waals surface area contributed by atoms with Crippen LogP contribution in [-0.4, -0.2) is 47.4 Å². The SMILES string of the molecule is CCCC(=O)O[C@@]1(C(=O)CO)CC[C@H]2[C@@H]3CC=C4C=C(OC)CC[C@@]4(C)C3C(O)C[C@@]21C. The molecule has 4 rings (SSSR count). The van der Waals surface area contributed by atoms with Gasteiger partial charge in [0.2, 0.25) is 5.78 Å². The Labute approximate surface area is 191 Å². The number of carbonyl (C=O) groups excluding carboxylic acids is 2. The molecule has 0 aromatic rings. The van der Waals surface area contributed by atoms with Gasteiger partial charge in [-0.1, -0.05) is 26.8 Å². The van der Waals surface area contributed by atoms with Crippen LogP contribution in [0.25, 0.3) is 0 Å². The lowest BCUT2D eigenvalue weighted by Crippen LogP contribution is -2.62. The molecule has 2 saturated carbocycles. The van der Waals surface area contributed by atoms with Crippen LogP contribution < -0.4 is 0 Å². The molecule has 0 spiro atoms. The predicted molar refractivity (Wildman–Crippen MR) is 119 cm³/mol. The third kappa shape index (κ3) is 3.20. The van der Waals surface area contributed by atoms with Crippen molar-refractivity contribution in [1.29, 1.82) is 0 Å². The molecule has 2 N–H and O–H groups in total. The normalized spacial score (nSPS) is 42.7. The summed E-state index contributed by atoms with van der Waals surface area (Å²) < 4.78 is 11.5. The summed E-state index contributed by atoms with van der Waals surface area (Å²) in [5.74, 6) is 0.591. The number of aliphatic hydroxyl groups is 2. The van der Waals surface area contributed by atoms with E-state index in [0.717, 1.165) is 31.4 Å². The maximum Gasteiger partial charge on any atom is 0.306 e. The van der Waals surface area contributed by atoms with Gasteiger partial charge in [-0.25, -0.2) is 0 Å². The molecule has 6 nitrogen and oxygen atoms in total. The van der Waals surface area contributed by atoms with Gasteiger partial charge in [0.15, 0.2) is 5.60 Å². The zero-order valence-electron chi connectivity index (χ0n) is 19.9. The van der Waals surface area contributed by atoms with Gasteiger partial charge in [0.1, 0.15) is 6.61 Å². The molecule has 178 valence electrons. The Bertz CT molecular complexity index is 845. The highest BCUT2D eigenvalue weighted by atomic mass is 16.6. The topological polar surface area (TPSA) is 93.1 Å². The van der Waals surface area contributed by atoms with E-state index in [0.29, 0.717) is 19.3 Å². The molecule has 0 aromatic carbocycles. The molecule has 2 fully saturated rings. The molecule has 4 aliphatic rings. The van der Waals surface area contributed by atoms with Crippen molar-refractivity contribution in [2.75, 3.05) is 13.7 Å². The average molecular weight is 447 g/mol. The van der Waals surface area contributed by atoms with Crippen molar-refractivity contribution in [3.63, 3.8) is 0 Å². The summed E-state index contributed by atoms with van der Waals surface area (Å²) in [5.41, 5.74) is -0.947. The number of ether oxygens (including phenoxy) is 2. The first-order chi connectivity index (χ1) is 15.2. The highest BCUT2D eigenvalue weighted by molar-refractivity contribution is 5.92. The summed E-state index contributed by atoms with van der Waals surface area (Å²) in [6.45, 7) is 5.50. The first-order valence-electron chi connectivity index (χ1n) is 12.2. The van der Waals surface area contributed by atoms with E-state index in [2.05, 4.69) is 19.1 Å². The number of fused-ring (bicyclic) bond motifs is 5. The van der Waals surface area contributed by atoms with E-state index in [9.17, 15) is 19.8 Å². The lowest BCUT2D eigenvalue weighted by Gasteiger charge is -2.59. The first-order valence-corrected chi connectivity index (χ1v) is 12.2. The Morgan fingerprint density at radius 1 is 1.25 bits per heavy atom. The molecule has 32 heavy (non-hydrogen) atoms. The number of hydrogen-bond donors (Lipinski definition) is 2. The van der Waals surface area contributed by atoms with E-state index in [4.69, 9.17) is 9.47 Å². The number of carbonyl (C=O) groups is 2. The third-order valence-corrected chi connectivity index (χ3v) is 9.38. The molecule has 4 aliphatic carbocycles. The summed E-state index contributed by atoms with van der Waals surface area (Å²) >= 11 is 0. The quantitative estimate of drug-likeness (QED) is 0.605. The van der Waals surface area contributed by atoms with Crippen molar-refractivity contribution in [2.45, 2.75) is 83.8 Å². The molecule has 7 atom stereocenters. The average Bonchev–Trinajstić information content (AvgIpc) is 3.04. The summed E-state index contributed by atoms with van der Waals surface area (Å²) in [7, 11) is 1.71. The number of Topliss-reactive ketones (excluding diaryl/α,β-unsaturated/α-hetero) is 1. The molecule has 0 bridgehead atoms. The standard InChI is InChI=1S/C26H38O6/c1-5-6-22(30)32-26(21(29)15-27)12-10-19-18-8-7-16-13-17(31-4)9-11-24(16,2)23(18)20(28)14-25(19,26)3/h7,13,18-20,23,27-28H,5-6,8-12,14-15H2,1-4H3/t18-,19-,20?,23?,24+,25-,26+/m0/s1. The first kappa shape index (κ1) is 23.5. The van der Waals surface area contributed by atoms with E-state index >= 15 is 0 Å². The Balaban J connectivity index is 1.73. The van der Waals surface area contributed by atoms with Crippen LogP contribution in [0.5, 0.6) is 0 Å². The predicted octanol–water partition coefficient (Wildman–Crippen LogP) is 3.70. The van der Waals surface area contributed by atoms with Crippen LogP contribution in [0.1, 0.15) is 72.1 Å². The lowest BCUT2D eigenvalue weighted by atomic mass is 9.46. The summed E-state index contributed by atoms with van der Waals surface area (Å²) in [6.07, 6.45) is 8.87. The second-order valence-electron chi connectivity index (χ2n) is 10.8. The van der Waals surface area contributed by atoms with Crippen LogP contribution in [0.15, 0.2) is 23.5 Å². The number of allylic oxidation sites excluding steroid dienone is 4. The lowest BCUT2D eigenvalue weighted by molar-refractivity contribution is -0.200. The van der Waals surface area contributed by atoms with Crippen molar-refractivity contribution >= 4 is 11.8 Å². The largest absolute Gasteiger partial charge is 0.501 e. The number of rotatable bonds is 6. The van der Waals surface area contributed by atoms with Gasteiger partial charge in [-0.3, -0.25) is 9.59 Å². The minimum Gasteiger partial charge on any atom is -0.501 e. The zero-order valence-corrected chi connectivity index (χ0v) is 19.9. The highest BCUT2D eigenvalue weighted by Crippen LogP contribution is 2.67. The molecule has 0 aliphatic heterocycles. The van der Waals surface area contributed by atoms with Crippen molar-refractivity contribution in [2.24, 2.45) is 28.6 Å². The van der Waals surface area contributed by atoms with Crippen LogP contribution in [0.2, 0.25) is 0 Å². The summed E-state index contributed by atoms with van der Waals surface area (Å²) in [5, 5.41) is 21.4. The van der Waals surface area contributed by atoms with Crippen LogP contribution in [-0.2, 0) is 19.1 Å². The molecular weight excluding hydrogens is 408 g/mol. The second-order valence-corrected chi connectivity index (χ2v) is 10.8. The van der Waals surface area contributed by atoms with Crippen LogP contribution >= 0.6 is 0 Å². The third-order valence-electron chi connectivity index (χ3n) is 9.38. The van der Waals surface area contributed by atoms with Gasteiger partial charge < -0.3 is 19.7 Å². The second kappa shape index (κ2) is 8.28.